The number of nitrogens with zero attached hydrogens (tertiary/aromatic N) is 1. The lowest BCUT2D eigenvalue weighted by Gasteiger charge is -1.94. The molecular formula is C15H14BBrFN2. The number of rotatable bonds is 0. The van der Waals surface area contributed by atoms with Crippen molar-refractivity contribution < 1.29 is 4.70 Å². The number of fused-ring (bicyclic) bond motifs is 1. The van der Waals surface area contributed by atoms with E-state index in [2.05, 4.69) is 32.3 Å². The highest BCUT2D eigenvalue weighted by Crippen LogP contribution is 2.14. The molecule has 3 rings (SSSR count). The maximum Gasteiger partial charge on any atom is 0.106 e. The molecule has 1 aromatic heterocycles. The lowest BCUT2D eigenvalue weighted by Crippen LogP contribution is -1.87. The van der Waals surface area contributed by atoms with Crippen LogP contribution in [-0.4, -0.2) is 13.4 Å². The first-order valence-electron chi connectivity index (χ1n) is 5.62. The van der Waals surface area contributed by atoms with Crippen LogP contribution in [0.2, 0.25) is 0 Å². The summed E-state index contributed by atoms with van der Waals surface area (Å²) >= 11 is 3.32. The topological polar surface area (TPSA) is 24.9 Å². The molecule has 1 aliphatic heterocycles. The number of allylic oxidation sites excluding steroid dienone is 4. The van der Waals surface area contributed by atoms with Crippen LogP contribution in [-0.2, 0) is 0 Å². The average molecular weight is 332 g/mol. The Morgan fingerprint density at radius 3 is 2.20 bits per heavy atom. The van der Waals surface area contributed by atoms with Gasteiger partial charge in [0.1, 0.15) is 4.60 Å². The quantitative estimate of drug-likeness (QED) is 0.584. The zero-order valence-electron chi connectivity index (χ0n) is 10.7. The minimum Gasteiger partial charge on any atom is -0.368 e. The second-order valence-electron chi connectivity index (χ2n) is 3.60. The summed E-state index contributed by atoms with van der Waals surface area (Å²) in [5.74, 6) is 0. The number of benzene rings is 1. The van der Waals surface area contributed by atoms with E-state index in [1.54, 1.807) is 0 Å². The lowest BCUT2D eigenvalue weighted by molar-refractivity contribution is 1.11. The number of hydrogen-bond acceptors (Lipinski definition) is 2. The number of nitrogens with one attached hydrogen (secondary N) is 1. The van der Waals surface area contributed by atoms with Crippen molar-refractivity contribution in [3.05, 3.63) is 77.7 Å². The minimum absolute atomic E-state index is 0. The van der Waals surface area contributed by atoms with E-state index >= 15 is 0 Å². The van der Waals surface area contributed by atoms with Crippen molar-refractivity contribution >= 4 is 35.2 Å². The predicted molar refractivity (Wildman–Crippen MR) is 88.3 cm³/mol. The van der Waals surface area contributed by atoms with Gasteiger partial charge in [-0.05, 0) is 40.2 Å². The molecule has 1 N–H and O–H groups in total. The van der Waals surface area contributed by atoms with Crippen LogP contribution in [0.25, 0.3) is 10.9 Å². The van der Waals surface area contributed by atoms with Crippen molar-refractivity contribution in [3.63, 3.8) is 0 Å². The van der Waals surface area contributed by atoms with Gasteiger partial charge in [-0.2, -0.15) is 0 Å². The molecule has 20 heavy (non-hydrogen) atoms. The first-order chi connectivity index (χ1) is 8.86. The maximum absolute atomic E-state index is 4.29. The van der Waals surface area contributed by atoms with Crippen molar-refractivity contribution in [1.29, 1.82) is 0 Å². The molecule has 2 nitrogen and oxygen atoms in total. The largest absolute Gasteiger partial charge is 0.368 e. The molecule has 0 atom stereocenters. The highest BCUT2D eigenvalue weighted by Gasteiger charge is 1.92. The highest BCUT2D eigenvalue weighted by atomic mass is 79.9. The molecule has 2 heterocycles. The van der Waals surface area contributed by atoms with Crippen LogP contribution >= 0.6 is 15.9 Å². The zero-order chi connectivity index (χ0) is 12.6. The van der Waals surface area contributed by atoms with Gasteiger partial charge in [-0.25, -0.2) is 4.98 Å². The second kappa shape index (κ2) is 9.98. The Hall–Kier alpha value is -1.88. The summed E-state index contributed by atoms with van der Waals surface area (Å²) in [5.41, 5.74) is 1.03. The summed E-state index contributed by atoms with van der Waals surface area (Å²) in [6.07, 6.45) is 11.6. The molecule has 5 heteroatoms. The Balaban J connectivity index is 0.000000356. The van der Waals surface area contributed by atoms with Gasteiger partial charge in [0.2, 0.25) is 0 Å². The van der Waals surface area contributed by atoms with Crippen molar-refractivity contribution in [1.82, 2.24) is 10.3 Å². The van der Waals surface area contributed by atoms with Gasteiger partial charge >= 0.3 is 0 Å². The molecule has 0 saturated heterocycles. The van der Waals surface area contributed by atoms with E-state index in [9.17, 15) is 0 Å². The van der Waals surface area contributed by atoms with Crippen molar-refractivity contribution in [2.75, 3.05) is 0 Å². The lowest BCUT2D eigenvalue weighted by atomic mass is 10.2. The molecule has 0 bridgehead atoms. The Labute approximate surface area is 128 Å². The standard InChI is InChI=1S/C9H6BrN.C6H7N.B.FH/c10-9-6-5-7-3-1-2-4-8(7)11-9;1-2-4-6-7-5-3-1;;/h1-6H;1-7H;;1H. The van der Waals surface area contributed by atoms with Gasteiger partial charge in [0.25, 0.3) is 0 Å². The van der Waals surface area contributed by atoms with Crippen LogP contribution < -0.4 is 5.32 Å². The molecule has 0 unspecified atom stereocenters. The second-order valence-corrected chi connectivity index (χ2v) is 4.41. The molecule has 0 aliphatic carbocycles. The first-order valence-corrected chi connectivity index (χ1v) is 6.41. The van der Waals surface area contributed by atoms with Crippen molar-refractivity contribution in [3.8, 4) is 0 Å². The van der Waals surface area contributed by atoms with Gasteiger partial charge in [0.05, 0.1) is 5.52 Å². The molecule has 1 aliphatic rings. The van der Waals surface area contributed by atoms with E-state index in [0.717, 1.165) is 10.1 Å². The number of aromatic nitrogens is 1. The highest BCUT2D eigenvalue weighted by molar-refractivity contribution is 9.10. The summed E-state index contributed by atoms with van der Waals surface area (Å²) in [5, 5.41) is 4.10. The Morgan fingerprint density at radius 2 is 1.50 bits per heavy atom. The Kier molecular flexibility index (Phi) is 9.04. The molecule has 1 aromatic carbocycles. The number of para-hydroxylation sites is 1. The van der Waals surface area contributed by atoms with Crippen molar-refractivity contribution in [2.24, 2.45) is 0 Å². The maximum atomic E-state index is 4.29. The summed E-state index contributed by atoms with van der Waals surface area (Å²) in [6.45, 7) is 0. The molecular weight excluding hydrogens is 318 g/mol. The number of hydrogen-bond donors (Lipinski definition) is 1. The van der Waals surface area contributed by atoms with Gasteiger partial charge in [-0.1, -0.05) is 36.4 Å². The van der Waals surface area contributed by atoms with Gasteiger partial charge in [-0.15, -0.1) is 0 Å². The van der Waals surface area contributed by atoms with Gasteiger partial charge < -0.3 is 5.32 Å². The summed E-state index contributed by atoms with van der Waals surface area (Å²) < 4.78 is 0.885. The fraction of sp³-hybridized carbons (Fsp3) is 0. The first kappa shape index (κ1) is 18.1. The third-order valence-electron chi connectivity index (χ3n) is 2.28. The Morgan fingerprint density at radius 1 is 0.850 bits per heavy atom. The molecule has 0 fully saturated rings. The number of pyridine rings is 1. The van der Waals surface area contributed by atoms with Crippen LogP contribution in [0.5, 0.6) is 0 Å². The molecule has 2 aromatic rings. The zero-order valence-corrected chi connectivity index (χ0v) is 12.3. The van der Waals surface area contributed by atoms with E-state index in [-0.39, 0.29) is 13.1 Å². The van der Waals surface area contributed by atoms with E-state index < -0.39 is 0 Å². The summed E-state index contributed by atoms with van der Waals surface area (Å²) in [6, 6.07) is 12.0. The monoisotopic (exact) mass is 331 g/mol. The fourth-order valence-corrected chi connectivity index (χ4v) is 1.77. The summed E-state index contributed by atoms with van der Waals surface area (Å²) in [4.78, 5) is 4.29. The van der Waals surface area contributed by atoms with Crippen LogP contribution in [0.1, 0.15) is 0 Å². The SMILES string of the molecule is Brc1ccc2ccccc2n1.C1=CC=CNC=C1.F.[B]. The predicted octanol–water partition coefficient (Wildman–Crippen LogP) is 3.94. The van der Waals surface area contributed by atoms with Gasteiger partial charge in [0, 0.05) is 26.2 Å². The third kappa shape index (κ3) is 5.84. The third-order valence-corrected chi connectivity index (χ3v) is 2.72. The molecule has 0 spiro atoms. The van der Waals surface area contributed by atoms with E-state index in [1.165, 1.54) is 5.39 Å². The van der Waals surface area contributed by atoms with Crippen LogP contribution in [0.3, 0.4) is 0 Å². The number of halogens is 2. The molecule has 101 valence electrons. The van der Waals surface area contributed by atoms with Gasteiger partial charge in [-0.3, -0.25) is 4.70 Å². The van der Waals surface area contributed by atoms with Crippen LogP contribution in [0.15, 0.2) is 77.7 Å². The minimum atomic E-state index is 0. The normalized spacial score (nSPS) is 11.2. The summed E-state index contributed by atoms with van der Waals surface area (Å²) in [7, 11) is 0. The fourth-order valence-electron chi connectivity index (χ4n) is 1.45. The van der Waals surface area contributed by atoms with Gasteiger partial charge in [0.15, 0.2) is 0 Å². The average Bonchev–Trinajstić information content (AvgIpc) is 2.71. The van der Waals surface area contributed by atoms with E-state index in [1.807, 2.05) is 67.0 Å². The molecule has 3 radical (unpaired) electrons. The molecule has 0 amide bonds. The van der Waals surface area contributed by atoms with E-state index in [0.29, 0.717) is 0 Å². The smallest absolute Gasteiger partial charge is 0.106 e. The van der Waals surface area contributed by atoms with Crippen LogP contribution in [0, 0.1) is 0 Å². The van der Waals surface area contributed by atoms with E-state index in [4.69, 9.17) is 0 Å². The molecule has 0 saturated carbocycles. The van der Waals surface area contributed by atoms with Crippen LogP contribution in [0.4, 0.5) is 4.70 Å². The Bertz CT molecular complexity index is 598. The van der Waals surface area contributed by atoms with Crippen molar-refractivity contribution in [2.45, 2.75) is 0 Å².